The number of pyridine rings is 1. The summed E-state index contributed by atoms with van der Waals surface area (Å²) in [4.78, 5) is 3.98. The number of rotatable bonds is 2. The fraction of sp³-hybridized carbons (Fsp3) is 0.643. The third-order valence-corrected chi connectivity index (χ3v) is 3.64. The Morgan fingerprint density at radius 2 is 2.06 bits per heavy atom. The van der Waals surface area contributed by atoms with Crippen LogP contribution in [0.5, 0.6) is 0 Å². The predicted octanol–water partition coefficient (Wildman–Crippen LogP) is 2.39. The average molecular weight is 234 g/mol. The van der Waals surface area contributed by atoms with Crippen molar-refractivity contribution in [1.82, 2.24) is 4.98 Å². The van der Waals surface area contributed by atoms with E-state index in [9.17, 15) is 5.11 Å². The molecule has 2 atom stereocenters. The summed E-state index contributed by atoms with van der Waals surface area (Å²) in [5.41, 5.74) is 6.19. The summed E-state index contributed by atoms with van der Waals surface area (Å²) in [6.45, 7) is 4.45. The molecule has 3 nitrogen and oxygen atoms in total. The van der Waals surface area contributed by atoms with Crippen LogP contribution in [0.1, 0.15) is 38.7 Å². The van der Waals surface area contributed by atoms with Crippen LogP contribution in [0.4, 0.5) is 5.82 Å². The highest BCUT2D eigenvalue weighted by atomic mass is 16.3. The fourth-order valence-electron chi connectivity index (χ4n) is 3.36. The highest BCUT2D eigenvalue weighted by Crippen LogP contribution is 2.37. The van der Waals surface area contributed by atoms with E-state index in [4.69, 9.17) is 5.73 Å². The molecule has 1 saturated carbocycles. The van der Waals surface area contributed by atoms with Gasteiger partial charge < -0.3 is 10.8 Å². The zero-order valence-corrected chi connectivity index (χ0v) is 10.7. The Kier molecular flexibility index (Phi) is 3.38. The van der Waals surface area contributed by atoms with Crippen LogP contribution in [-0.4, -0.2) is 15.7 Å². The number of aliphatic hydroxyl groups is 1. The maximum absolute atomic E-state index is 10.7. The minimum absolute atomic E-state index is 0.531. The molecule has 94 valence electrons. The topological polar surface area (TPSA) is 59.1 Å². The second kappa shape index (κ2) is 4.65. The molecule has 0 amide bonds. The second-order valence-electron chi connectivity index (χ2n) is 5.84. The van der Waals surface area contributed by atoms with E-state index in [1.807, 2.05) is 12.1 Å². The Labute approximate surface area is 103 Å². The second-order valence-corrected chi connectivity index (χ2v) is 5.84. The number of anilines is 1. The lowest BCUT2D eigenvalue weighted by molar-refractivity contribution is -0.0304. The normalized spacial score (nSPS) is 33.6. The number of hydrogen-bond donors (Lipinski definition) is 2. The zero-order valence-electron chi connectivity index (χ0n) is 10.7. The molecular weight excluding hydrogens is 212 g/mol. The molecule has 0 spiro atoms. The molecule has 0 saturated heterocycles. The van der Waals surface area contributed by atoms with Gasteiger partial charge in [-0.1, -0.05) is 13.8 Å². The van der Waals surface area contributed by atoms with E-state index in [-0.39, 0.29) is 0 Å². The molecule has 1 aromatic rings. The van der Waals surface area contributed by atoms with Crippen LogP contribution < -0.4 is 5.73 Å². The Morgan fingerprint density at radius 3 is 2.65 bits per heavy atom. The number of nitrogens with two attached hydrogens (primary N) is 1. The van der Waals surface area contributed by atoms with E-state index in [0.717, 1.165) is 18.4 Å². The van der Waals surface area contributed by atoms with Gasteiger partial charge in [0.25, 0.3) is 0 Å². The van der Waals surface area contributed by atoms with Crippen molar-refractivity contribution in [3.8, 4) is 0 Å². The van der Waals surface area contributed by atoms with Crippen molar-refractivity contribution in [3.63, 3.8) is 0 Å². The number of hydrogen-bond acceptors (Lipinski definition) is 3. The van der Waals surface area contributed by atoms with Crippen molar-refractivity contribution in [2.24, 2.45) is 11.8 Å². The van der Waals surface area contributed by atoms with Crippen LogP contribution in [0.3, 0.4) is 0 Å². The Morgan fingerprint density at radius 1 is 1.41 bits per heavy atom. The highest BCUT2D eigenvalue weighted by molar-refractivity contribution is 5.32. The molecule has 0 bridgehead atoms. The summed E-state index contributed by atoms with van der Waals surface area (Å²) in [5, 5.41) is 10.7. The third kappa shape index (κ3) is 3.19. The van der Waals surface area contributed by atoms with Crippen LogP contribution in [0.15, 0.2) is 18.3 Å². The van der Waals surface area contributed by atoms with Crippen molar-refractivity contribution < 1.29 is 5.11 Å². The SMILES string of the molecule is CC1CC(C)CC(O)(Cc2ccnc(N)c2)C1. The summed E-state index contributed by atoms with van der Waals surface area (Å²) < 4.78 is 0. The molecule has 1 aliphatic carbocycles. The van der Waals surface area contributed by atoms with Crippen molar-refractivity contribution in [3.05, 3.63) is 23.9 Å². The van der Waals surface area contributed by atoms with E-state index in [1.165, 1.54) is 6.42 Å². The van der Waals surface area contributed by atoms with Crippen molar-refractivity contribution in [1.29, 1.82) is 0 Å². The van der Waals surface area contributed by atoms with Gasteiger partial charge in [0.1, 0.15) is 5.82 Å². The molecule has 3 heteroatoms. The van der Waals surface area contributed by atoms with Gasteiger partial charge in [-0.15, -0.1) is 0 Å². The van der Waals surface area contributed by atoms with E-state index < -0.39 is 5.60 Å². The maximum atomic E-state index is 10.7. The maximum Gasteiger partial charge on any atom is 0.123 e. The quantitative estimate of drug-likeness (QED) is 0.826. The standard InChI is InChI=1S/C14H22N2O/c1-10-5-11(2)8-14(17,7-10)9-12-3-4-16-13(15)6-12/h3-4,6,10-11,17H,5,7-9H2,1-2H3,(H2,15,16). The minimum Gasteiger partial charge on any atom is -0.390 e. The van der Waals surface area contributed by atoms with Crippen molar-refractivity contribution in [2.45, 2.75) is 45.1 Å². The number of nitrogen functional groups attached to an aromatic ring is 1. The molecule has 2 unspecified atom stereocenters. The average Bonchev–Trinajstić information content (AvgIpc) is 2.13. The minimum atomic E-state index is -0.565. The fourth-order valence-corrected chi connectivity index (χ4v) is 3.36. The molecule has 1 aromatic heterocycles. The van der Waals surface area contributed by atoms with Gasteiger partial charge in [0.2, 0.25) is 0 Å². The van der Waals surface area contributed by atoms with Crippen LogP contribution in [0.25, 0.3) is 0 Å². The van der Waals surface area contributed by atoms with Gasteiger partial charge in [-0.05, 0) is 48.8 Å². The largest absolute Gasteiger partial charge is 0.390 e. The van der Waals surface area contributed by atoms with Gasteiger partial charge in [0, 0.05) is 12.6 Å². The monoisotopic (exact) mass is 234 g/mol. The van der Waals surface area contributed by atoms with E-state index >= 15 is 0 Å². The summed E-state index contributed by atoms with van der Waals surface area (Å²) in [6, 6.07) is 3.81. The van der Waals surface area contributed by atoms with E-state index in [0.29, 0.717) is 24.1 Å². The van der Waals surface area contributed by atoms with Gasteiger partial charge in [-0.25, -0.2) is 4.98 Å². The first-order valence-corrected chi connectivity index (χ1v) is 6.40. The first-order valence-electron chi connectivity index (χ1n) is 6.40. The van der Waals surface area contributed by atoms with E-state index in [2.05, 4.69) is 18.8 Å². The van der Waals surface area contributed by atoms with Crippen molar-refractivity contribution >= 4 is 5.82 Å². The molecule has 0 aliphatic heterocycles. The highest BCUT2D eigenvalue weighted by Gasteiger charge is 2.35. The smallest absolute Gasteiger partial charge is 0.123 e. The van der Waals surface area contributed by atoms with E-state index in [1.54, 1.807) is 6.20 Å². The lowest BCUT2D eigenvalue weighted by atomic mass is 9.71. The zero-order chi connectivity index (χ0) is 12.5. The predicted molar refractivity (Wildman–Crippen MR) is 69.5 cm³/mol. The number of aromatic nitrogens is 1. The van der Waals surface area contributed by atoms with Gasteiger partial charge in [0.05, 0.1) is 5.60 Å². The lowest BCUT2D eigenvalue weighted by Gasteiger charge is -2.39. The molecule has 1 heterocycles. The Balaban J connectivity index is 2.11. The van der Waals surface area contributed by atoms with Crippen LogP contribution in [0.2, 0.25) is 0 Å². The van der Waals surface area contributed by atoms with Gasteiger partial charge in [0.15, 0.2) is 0 Å². The molecule has 0 radical (unpaired) electrons. The first-order chi connectivity index (χ1) is 7.97. The summed E-state index contributed by atoms with van der Waals surface area (Å²) in [5.74, 6) is 1.73. The van der Waals surface area contributed by atoms with Crippen LogP contribution >= 0.6 is 0 Å². The van der Waals surface area contributed by atoms with Gasteiger partial charge in [-0.2, -0.15) is 0 Å². The summed E-state index contributed by atoms with van der Waals surface area (Å²) in [7, 11) is 0. The van der Waals surface area contributed by atoms with Crippen molar-refractivity contribution in [2.75, 3.05) is 5.73 Å². The summed E-state index contributed by atoms with van der Waals surface area (Å²) in [6.07, 6.45) is 5.40. The summed E-state index contributed by atoms with van der Waals surface area (Å²) >= 11 is 0. The third-order valence-electron chi connectivity index (χ3n) is 3.64. The molecule has 1 fully saturated rings. The molecule has 0 aromatic carbocycles. The Bertz CT molecular complexity index is 382. The van der Waals surface area contributed by atoms with Gasteiger partial charge in [-0.3, -0.25) is 0 Å². The molecule has 17 heavy (non-hydrogen) atoms. The molecule has 1 aliphatic rings. The number of nitrogens with zero attached hydrogens (tertiary/aromatic N) is 1. The van der Waals surface area contributed by atoms with Crippen LogP contribution in [0, 0.1) is 11.8 Å². The molecular formula is C14H22N2O. The Hall–Kier alpha value is -1.09. The molecule has 2 rings (SSSR count). The lowest BCUT2D eigenvalue weighted by Crippen LogP contribution is -2.39. The molecule has 3 N–H and O–H groups in total. The van der Waals surface area contributed by atoms with Crippen LogP contribution in [-0.2, 0) is 6.42 Å². The van der Waals surface area contributed by atoms with Gasteiger partial charge >= 0.3 is 0 Å². The first kappa shape index (κ1) is 12.4.